The van der Waals surface area contributed by atoms with Crippen LogP contribution in [0.15, 0.2) is 29.2 Å². The molecular weight excluding hydrogens is 300 g/mol. The van der Waals surface area contributed by atoms with Gasteiger partial charge in [-0.3, -0.25) is 0 Å². The molecule has 116 valence electrons. The Bertz CT molecular complexity index is 960. The number of benzene rings is 1. The lowest BCUT2D eigenvalue weighted by atomic mass is 10.3. The lowest BCUT2D eigenvalue weighted by Gasteiger charge is -2.06. The molecule has 1 aromatic carbocycles. The van der Waals surface area contributed by atoms with E-state index in [-0.39, 0.29) is 10.7 Å². The molecule has 0 unspecified atom stereocenters. The number of anilines is 1. The van der Waals surface area contributed by atoms with Crippen molar-refractivity contribution in [3.05, 3.63) is 24.3 Å². The maximum Gasteiger partial charge on any atom is 0.181 e. The Morgan fingerprint density at radius 2 is 1.82 bits per heavy atom. The maximum absolute atomic E-state index is 12.1. The third-order valence-electron chi connectivity index (χ3n) is 3.65. The van der Waals surface area contributed by atoms with Crippen LogP contribution < -0.4 is 5.73 Å². The van der Waals surface area contributed by atoms with Crippen LogP contribution in [-0.2, 0) is 16.4 Å². The number of hydrogen-bond acceptors (Lipinski definition) is 5. The minimum atomic E-state index is -3.48. The van der Waals surface area contributed by atoms with E-state index in [1.54, 1.807) is 4.57 Å². The zero-order valence-electron chi connectivity index (χ0n) is 12.6. The third-order valence-corrected chi connectivity index (χ3v) is 4.80. The second kappa shape index (κ2) is 5.24. The number of nitrogens with two attached hydrogens (primary N) is 1. The predicted molar refractivity (Wildman–Crippen MR) is 87.5 cm³/mol. The fourth-order valence-electron chi connectivity index (χ4n) is 2.60. The molecule has 0 aliphatic heterocycles. The Balaban J connectivity index is 2.43. The number of fused-ring (bicyclic) bond motifs is 2. The average molecular weight is 318 g/mol. The van der Waals surface area contributed by atoms with Gasteiger partial charge in [-0.2, -0.15) is 0 Å². The molecule has 0 atom stereocenters. The normalized spacial score (nSPS) is 12.3. The molecule has 0 fully saturated rings. The van der Waals surface area contributed by atoms with E-state index in [9.17, 15) is 8.42 Å². The first-order valence-electron chi connectivity index (χ1n) is 7.18. The van der Waals surface area contributed by atoms with E-state index in [2.05, 4.69) is 16.9 Å². The van der Waals surface area contributed by atoms with Crippen molar-refractivity contribution in [1.29, 1.82) is 0 Å². The van der Waals surface area contributed by atoms with Gasteiger partial charge in [-0.25, -0.2) is 18.4 Å². The first-order chi connectivity index (χ1) is 10.4. The molecule has 3 aromatic rings. The minimum Gasteiger partial charge on any atom is -0.384 e. The number of nitrogen functional groups attached to an aromatic ring is 1. The summed E-state index contributed by atoms with van der Waals surface area (Å²) in [6.07, 6.45) is 3.03. The number of rotatable bonds is 4. The van der Waals surface area contributed by atoms with E-state index in [1.165, 1.54) is 0 Å². The van der Waals surface area contributed by atoms with Crippen molar-refractivity contribution >= 4 is 37.9 Å². The summed E-state index contributed by atoms with van der Waals surface area (Å²) < 4.78 is 26.0. The van der Waals surface area contributed by atoms with Crippen LogP contribution in [0.1, 0.15) is 19.8 Å². The molecule has 0 saturated heterocycles. The summed E-state index contributed by atoms with van der Waals surface area (Å²) in [5.74, 6) is 0.223. The number of aromatic nitrogens is 3. The molecule has 0 radical (unpaired) electrons. The van der Waals surface area contributed by atoms with Crippen molar-refractivity contribution in [2.75, 3.05) is 12.0 Å². The molecule has 2 heterocycles. The first-order valence-corrected chi connectivity index (χ1v) is 9.07. The average Bonchev–Trinajstić information content (AvgIpc) is 2.73. The topological polar surface area (TPSA) is 90.9 Å². The van der Waals surface area contributed by atoms with Crippen molar-refractivity contribution < 1.29 is 8.42 Å². The zero-order chi connectivity index (χ0) is 15.9. The molecule has 6 nitrogen and oxygen atoms in total. The third kappa shape index (κ3) is 2.31. The van der Waals surface area contributed by atoms with Gasteiger partial charge >= 0.3 is 0 Å². The molecule has 0 spiro atoms. The quantitative estimate of drug-likeness (QED) is 0.797. The minimum absolute atomic E-state index is 0.0804. The van der Waals surface area contributed by atoms with Crippen LogP contribution in [0.2, 0.25) is 0 Å². The van der Waals surface area contributed by atoms with Gasteiger partial charge in [0.1, 0.15) is 16.2 Å². The molecule has 0 aliphatic carbocycles. The maximum atomic E-state index is 12.1. The molecular formula is C15H18N4O2S. The fourth-order valence-corrected chi connectivity index (χ4v) is 3.58. The summed E-state index contributed by atoms with van der Waals surface area (Å²) in [6, 6.07) is 7.39. The molecule has 2 N–H and O–H groups in total. The van der Waals surface area contributed by atoms with Crippen molar-refractivity contribution in [1.82, 2.24) is 14.5 Å². The van der Waals surface area contributed by atoms with Crippen LogP contribution in [0, 0.1) is 0 Å². The summed E-state index contributed by atoms with van der Waals surface area (Å²) in [5.41, 5.74) is 8.39. The number of aryl methyl sites for hydroxylation is 1. The summed E-state index contributed by atoms with van der Waals surface area (Å²) in [4.78, 5) is 9.15. The van der Waals surface area contributed by atoms with Gasteiger partial charge in [0.2, 0.25) is 0 Å². The van der Waals surface area contributed by atoms with E-state index >= 15 is 0 Å². The fraction of sp³-hybridized carbons (Fsp3) is 0.333. The van der Waals surface area contributed by atoms with Gasteiger partial charge in [0, 0.05) is 12.8 Å². The highest BCUT2D eigenvalue weighted by molar-refractivity contribution is 7.91. The summed E-state index contributed by atoms with van der Waals surface area (Å²) in [7, 11) is -3.48. The second-order valence-electron chi connectivity index (χ2n) is 5.38. The number of nitrogens with zero attached hydrogens (tertiary/aromatic N) is 3. The van der Waals surface area contributed by atoms with Crippen LogP contribution in [0.5, 0.6) is 0 Å². The Morgan fingerprint density at radius 1 is 1.18 bits per heavy atom. The van der Waals surface area contributed by atoms with Gasteiger partial charge < -0.3 is 10.3 Å². The van der Waals surface area contributed by atoms with Crippen molar-refractivity contribution in [2.45, 2.75) is 31.2 Å². The smallest absolute Gasteiger partial charge is 0.181 e. The lowest BCUT2D eigenvalue weighted by molar-refractivity contribution is 0.601. The van der Waals surface area contributed by atoms with Gasteiger partial charge in [0.15, 0.2) is 15.5 Å². The lowest BCUT2D eigenvalue weighted by Crippen LogP contribution is -2.06. The molecule has 2 aromatic heterocycles. The highest BCUT2D eigenvalue weighted by Crippen LogP contribution is 2.31. The number of hydrogen-bond donors (Lipinski definition) is 1. The largest absolute Gasteiger partial charge is 0.384 e. The van der Waals surface area contributed by atoms with Gasteiger partial charge in [0.25, 0.3) is 0 Å². The monoisotopic (exact) mass is 318 g/mol. The van der Waals surface area contributed by atoms with Gasteiger partial charge in [-0.15, -0.1) is 0 Å². The van der Waals surface area contributed by atoms with Crippen LogP contribution >= 0.6 is 0 Å². The van der Waals surface area contributed by atoms with Crippen LogP contribution in [0.3, 0.4) is 0 Å². The Hall–Kier alpha value is -2.15. The van der Waals surface area contributed by atoms with Crippen molar-refractivity contribution in [3.63, 3.8) is 0 Å². The Kier molecular flexibility index (Phi) is 3.52. The van der Waals surface area contributed by atoms with Crippen molar-refractivity contribution in [3.8, 4) is 0 Å². The second-order valence-corrected chi connectivity index (χ2v) is 7.33. The van der Waals surface area contributed by atoms with Gasteiger partial charge in [-0.1, -0.05) is 25.5 Å². The van der Waals surface area contributed by atoms with Crippen LogP contribution in [0.4, 0.5) is 5.82 Å². The number of sulfone groups is 1. The van der Waals surface area contributed by atoms with E-state index in [0.717, 1.165) is 24.6 Å². The number of unbranched alkanes of at least 4 members (excludes halogenated alkanes) is 1. The predicted octanol–water partition coefficient (Wildman–Crippen LogP) is 2.37. The number of para-hydroxylation sites is 2. The summed E-state index contributed by atoms with van der Waals surface area (Å²) in [5, 5.41) is 0. The van der Waals surface area contributed by atoms with E-state index in [1.807, 2.05) is 24.3 Å². The van der Waals surface area contributed by atoms with E-state index in [0.29, 0.717) is 23.2 Å². The molecule has 3 rings (SSSR count). The van der Waals surface area contributed by atoms with Gasteiger partial charge in [-0.05, 0) is 18.6 Å². The Morgan fingerprint density at radius 3 is 2.41 bits per heavy atom. The van der Waals surface area contributed by atoms with E-state index < -0.39 is 9.84 Å². The van der Waals surface area contributed by atoms with Crippen molar-refractivity contribution in [2.24, 2.45) is 0 Å². The molecule has 7 heteroatoms. The zero-order valence-corrected chi connectivity index (χ0v) is 13.4. The Labute approximate surface area is 128 Å². The van der Waals surface area contributed by atoms with E-state index in [4.69, 9.17) is 5.73 Å². The van der Waals surface area contributed by atoms with Gasteiger partial charge in [0.05, 0.1) is 11.0 Å². The molecule has 22 heavy (non-hydrogen) atoms. The molecule has 0 aliphatic rings. The standard InChI is InChI=1S/C15H18N4O2S/c1-3-4-9-19-14(16)13(22(2,20)21)12-15(19)18-11-8-6-5-7-10(11)17-12/h5-8H,3-4,9,16H2,1-2H3. The SMILES string of the molecule is CCCCn1c(N)c(S(C)(=O)=O)c2nc3ccccc3nc21. The van der Waals surface area contributed by atoms with Crippen LogP contribution in [-0.4, -0.2) is 29.2 Å². The first kappa shape index (κ1) is 14.8. The highest BCUT2D eigenvalue weighted by atomic mass is 32.2. The van der Waals surface area contributed by atoms with Crippen LogP contribution in [0.25, 0.3) is 22.2 Å². The highest BCUT2D eigenvalue weighted by Gasteiger charge is 2.25. The molecule has 0 saturated carbocycles. The summed E-state index contributed by atoms with van der Waals surface area (Å²) in [6.45, 7) is 2.70. The molecule has 0 bridgehead atoms. The molecule has 0 amide bonds. The summed E-state index contributed by atoms with van der Waals surface area (Å²) >= 11 is 0.